The highest BCUT2D eigenvalue weighted by atomic mass is 35.5. The van der Waals surface area contributed by atoms with Crippen LogP contribution in [0.2, 0.25) is 5.02 Å². The van der Waals surface area contributed by atoms with Gasteiger partial charge < -0.3 is 14.3 Å². The van der Waals surface area contributed by atoms with Crippen LogP contribution in [0.3, 0.4) is 0 Å². The molecule has 4 rings (SSSR count). The molecule has 6 heteroatoms. The van der Waals surface area contributed by atoms with Crippen LogP contribution < -0.4 is 4.74 Å². The van der Waals surface area contributed by atoms with Gasteiger partial charge in [0.2, 0.25) is 0 Å². The van der Waals surface area contributed by atoms with Crippen LogP contribution in [-0.4, -0.2) is 22.9 Å². The number of nitrogens with zero attached hydrogens (tertiary/aromatic N) is 2. The van der Waals surface area contributed by atoms with E-state index in [0.717, 1.165) is 16.8 Å². The predicted molar refractivity (Wildman–Crippen MR) is 115 cm³/mol. The predicted octanol–water partition coefficient (Wildman–Crippen LogP) is 5.93. The lowest BCUT2D eigenvalue weighted by Gasteiger charge is -2.04. The van der Waals surface area contributed by atoms with Gasteiger partial charge in [0.05, 0.1) is 12.3 Å². The van der Waals surface area contributed by atoms with E-state index >= 15 is 0 Å². The molecule has 0 spiro atoms. The Bertz CT molecular complexity index is 1170. The van der Waals surface area contributed by atoms with E-state index in [0.29, 0.717) is 40.8 Å². The molecule has 5 nitrogen and oxygen atoms in total. The van der Waals surface area contributed by atoms with Gasteiger partial charge in [-0.1, -0.05) is 23.7 Å². The Hall–Kier alpha value is -3.31. The Morgan fingerprint density at radius 2 is 1.93 bits per heavy atom. The van der Waals surface area contributed by atoms with Gasteiger partial charge in [0.1, 0.15) is 17.0 Å². The van der Waals surface area contributed by atoms with Crippen molar-refractivity contribution in [1.82, 2.24) is 4.98 Å². The molecular formula is C23H19ClN2O3. The number of ether oxygens (including phenoxy) is 1. The highest BCUT2D eigenvalue weighted by Gasteiger charge is 2.08. The molecule has 0 aliphatic rings. The average molecular weight is 407 g/mol. The van der Waals surface area contributed by atoms with E-state index < -0.39 is 0 Å². The molecular weight excluding hydrogens is 388 g/mol. The standard InChI is InChI=1S/C23H19ClN2O3/c1-2-28-19-9-5-16(21(27)13-19)14-25-18-8-10-22-20(12-18)26-23(29-22)11-15-3-6-17(24)7-4-15/h3-10,12-14,27H,2,11H2,1H3. The topological polar surface area (TPSA) is 67.9 Å². The third-order valence-corrected chi connectivity index (χ3v) is 4.60. The molecule has 0 aliphatic heterocycles. The number of fused-ring (bicyclic) bond motifs is 1. The fourth-order valence-corrected chi connectivity index (χ4v) is 3.06. The molecule has 0 atom stereocenters. The third-order valence-electron chi connectivity index (χ3n) is 4.35. The van der Waals surface area contributed by atoms with E-state index in [1.807, 2.05) is 49.4 Å². The van der Waals surface area contributed by atoms with Gasteiger partial charge in [-0.05, 0) is 55.0 Å². The van der Waals surface area contributed by atoms with Gasteiger partial charge in [-0.3, -0.25) is 4.99 Å². The fraction of sp³-hybridized carbons (Fsp3) is 0.130. The SMILES string of the molecule is CCOc1ccc(C=Nc2ccc3oc(Cc4ccc(Cl)cc4)nc3c2)c(O)c1. The van der Waals surface area contributed by atoms with E-state index in [9.17, 15) is 5.11 Å². The van der Waals surface area contributed by atoms with Crippen LogP contribution in [0.25, 0.3) is 11.1 Å². The lowest BCUT2D eigenvalue weighted by molar-refractivity contribution is 0.337. The highest BCUT2D eigenvalue weighted by Crippen LogP contribution is 2.25. The van der Waals surface area contributed by atoms with Gasteiger partial charge in [-0.25, -0.2) is 4.98 Å². The fourth-order valence-electron chi connectivity index (χ4n) is 2.93. The summed E-state index contributed by atoms with van der Waals surface area (Å²) in [4.78, 5) is 9.00. The van der Waals surface area contributed by atoms with E-state index in [1.165, 1.54) is 0 Å². The maximum Gasteiger partial charge on any atom is 0.199 e. The van der Waals surface area contributed by atoms with Crippen LogP contribution in [0.1, 0.15) is 23.9 Å². The summed E-state index contributed by atoms with van der Waals surface area (Å²) in [6.07, 6.45) is 2.20. The molecule has 1 heterocycles. The molecule has 1 N–H and O–H groups in total. The Morgan fingerprint density at radius 3 is 2.69 bits per heavy atom. The second-order valence-electron chi connectivity index (χ2n) is 6.47. The molecule has 0 aliphatic carbocycles. The van der Waals surface area contributed by atoms with Crippen LogP contribution >= 0.6 is 11.6 Å². The molecule has 0 radical (unpaired) electrons. The van der Waals surface area contributed by atoms with Crippen molar-refractivity contribution in [1.29, 1.82) is 0 Å². The monoisotopic (exact) mass is 406 g/mol. The van der Waals surface area contributed by atoms with Crippen molar-refractivity contribution >= 4 is 34.6 Å². The molecule has 0 bridgehead atoms. The quantitative estimate of drug-likeness (QED) is 0.403. The molecule has 1 aromatic heterocycles. The molecule has 0 saturated heterocycles. The maximum atomic E-state index is 10.1. The molecule has 3 aromatic carbocycles. The van der Waals surface area contributed by atoms with Crippen molar-refractivity contribution in [2.75, 3.05) is 6.61 Å². The van der Waals surface area contributed by atoms with Crippen molar-refractivity contribution < 1.29 is 14.3 Å². The minimum atomic E-state index is 0.118. The van der Waals surface area contributed by atoms with E-state index in [2.05, 4.69) is 9.98 Å². The second kappa shape index (κ2) is 8.37. The molecule has 4 aromatic rings. The summed E-state index contributed by atoms with van der Waals surface area (Å²) in [7, 11) is 0. The molecule has 146 valence electrons. The van der Waals surface area contributed by atoms with Gasteiger partial charge >= 0.3 is 0 Å². The molecule has 29 heavy (non-hydrogen) atoms. The maximum absolute atomic E-state index is 10.1. The number of oxazole rings is 1. The third kappa shape index (κ3) is 4.58. The lowest BCUT2D eigenvalue weighted by atomic mass is 10.1. The summed E-state index contributed by atoms with van der Waals surface area (Å²) < 4.78 is 11.2. The number of hydrogen-bond donors (Lipinski definition) is 1. The summed E-state index contributed by atoms with van der Waals surface area (Å²) >= 11 is 5.93. The zero-order chi connectivity index (χ0) is 20.2. The average Bonchev–Trinajstić information content (AvgIpc) is 3.11. The number of aliphatic imine (C=N–C) groups is 1. The Kier molecular flexibility index (Phi) is 5.49. The first kappa shape index (κ1) is 19.0. The van der Waals surface area contributed by atoms with Crippen LogP contribution in [0, 0.1) is 0 Å². The number of hydrogen-bond acceptors (Lipinski definition) is 5. The minimum absolute atomic E-state index is 0.118. The van der Waals surface area contributed by atoms with Crippen LogP contribution in [0.4, 0.5) is 5.69 Å². The van der Waals surface area contributed by atoms with E-state index in [-0.39, 0.29) is 5.75 Å². The van der Waals surface area contributed by atoms with Crippen LogP contribution in [-0.2, 0) is 6.42 Å². The number of phenolic OH excluding ortho intramolecular Hbond substituents is 1. The van der Waals surface area contributed by atoms with Gasteiger partial charge in [0.15, 0.2) is 11.5 Å². The Balaban J connectivity index is 1.53. The summed E-state index contributed by atoms with van der Waals surface area (Å²) in [5.74, 6) is 1.37. The van der Waals surface area contributed by atoms with Crippen LogP contribution in [0.15, 0.2) is 70.1 Å². The minimum Gasteiger partial charge on any atom is -0.507 e. The first-order valence-electron chi connectivity index (χ1n) is 9.24. The first-order chi connectivity index (χ1) is 14.1. The van der Waals surface area contributed by atoms with Gasteiger partial charge in [0, 0.05) is 29.3 Å². The number of benzene rings is 3. The van der Waals surface area contributed by atoms with Crippen molar-refractivity contribution in [2.45, 2.75) is 13.3 Å². The molecule has 0 saturated carbocycles. The Labute approximate surface area is 173 Å². The number of halogens is 1. The summed E-state index contributed by atoms with van der Waals surface area (Å²) in [5.41, 5.74) is 3.84. The molecule has 0 fully saturated rings. The van der Waals surface area contributed by atoms with Crippen molar-refractivity contribution in [3.8, 4) is 11.5 Å². The second-order valence-corrected chi connectivity index (χ2v) is 6.91. The zero-order valence-electron chi connectivity index (χ0n) is 15.8. The summed E-state index contributed by atoms with van der Waals surface area (Å²) in [5, 5.41) is 10.8. The van der Waals surface area contributed by atoms with Gasteiger partial charge in [-0.15, -0.1) is 0 Å². The molecule has 0 unspecified atom stereocenters. The smallest absolute Gasteiger partial charge is 0.199 e. The number of phenols is 1. The van der Waals surface area contributed by atoms with E-state index in [1.54, 1.807) is 24.4 Å². The highest BCUT2D eigenvalue weighted by molar-refractivity contribution is 6.30. The van der Waals surface area contributed by atoms with E-state index in [4.69, 9.17) is 20.8 Å². The van der Waals surface area contributed by atoms with Crippen LogP contribution in [0.5, 0.6) is 11.5 Å². The van der Waals surface area contributed by atoms with Crippen molar-refractivity contribution in [2.24, 2.45) is 4.99 Å². The number of aromatic nitrogens is 1. The largest absolute Gasteiger partial charge is 0.507 e. The Morgan fingerprint density at radius 1 is 1.10 bits per heavy atom. The summed E-state index contributed by atoms with van der Waals surface area (Å²) in [6.45, 7) is 2.44. The number of aromatic hydroxyl groups is 1. The molecule has 0 amide bonds. The first-order valence-corrected chi connectivity index (χ1v) is 9.62. The zero-order valence-corrected chi connectivity index (χ0v) is 16.6. The number of rotatable bonds is 6. The van der Waals surface area contributed by atoms with Crippen molar-refractivity contribution in [3.05, 3.63) is 82.7 Å². The summed E-state index contributed by atoms with van der Waals surface area (Å²) in [6, 6.07) is 18.3. The van der Waals surface area contributed by atoms with Crippen molar-refractivity contribution in [3.63, 3.8) is 0 Å². The normalized spacial score (nSPS) is 11.4. The van der Waals surface area contributed by atoms with Gasteiger partial charge in [0.25, 0.3) is 0 Å². The lowest BCUT2D eigenvalue weighted by Crippen LogP contribution is -1.92. The van der Waals surface area contributed by atoms with Gasteiger partial charge in [-0.2, -0.15) is 0 Å².